The fourth-order valence-electron chi connectivity index (χ4n) is 2.46. The van der Waals surface area contributed by atoms with Crippen LogP contribution >= 0.6 is 11.3 Å². The molecular formula is C20H19FOS. The molecule has 0 aliphatic rings. The van der Waals surface area contributed by atoms with Gasteiger partial charge in [0.1, 0.15) is 5.82 Å². The summed E-state index contributed by atoms with van der Waals surface area (Å²) in [7, 11) is 0. The van der Waals surface area contributed by atoms with Crippen molar-refractivity contribution >= 4 is 11.3 Å². The summed E-state index contributed by atoms with van der Waals surface area (Å²) in [6.45, 7) is 5.62. The highest BCUT2D eigenvalue weighted by Gasteiger charge is 2.22. The first-order chi connectivity index (χ1) is 10.8. The lowest BCUT2D eigenvalue weighted by atomic mass is 9.99. The normalized spacial score (nSPS) is 11.7. The molecule has 0 aliphatic heterocycles. The molecule has 0 radical (unpaired) electrons. The van der Waals surface area contributed by atoms with Crippen LogP contribution in [0.15, 0.2) is 54.6 Å². The molecular weight excluding hydrogens is 307 g/mol. The van der Waals surface area contributed by atoms with Gasteiger partial charge in [0.25, 0.3) is 0 Å². The van der Waals surface area contributed by atoms with Gasteiger partial charge in [0.05, 0.1) is 5.60 Å². The van der Waals surface area contributed by atoms with E-state index in [1.165, 1.54) is 17.7 Å². The minimum atomic E-state index is -0.900. The minimum absolute atomic E-state index is 0.247. The van der Waals surface area contributed by atoms with E-state index in [0.717, 1.165) is 26.4 Å². The molecule has 118 valence electrons. The number of aryl methyl sites for hydroxylation is 1. The topological polar surface area (TPSA) is 20.2 Å². The van der Waals surface area contributed by atoms with Gasteiger partial charge in [-0.25, -0.2) is 4.39 Å². The second-order valence-corrected chi connectivity index (χ2v) is 7.34. The van der Waals surface area contributed by atoms with Gasteiger partial charge in [-0.1, -0.05) is 42.0 Å². The highest BCUT2D eigenvalue weighted by Crippen LogP contribution is 2.42. The smallest absolute Gasteiger partial charge is 0.123 e. The molecule has 0 amide bonds. The van der Waals surface area contributed by atoms with Crippen molar-refractivity contribution in [3.05, 3.63) is 70.9 Å². The Morgan fingerprint density at radius 1 is 0.913 bits per heavy atom. The van der Waals surface area contributed by atoms with Crippen molar-refractivity contribution in [2.75, 3.05) is 0 Å². The number of hydrogen-bond donors (Lipinski definition) is 1. The van der Waals surface area contributed by atoms with Crippen LogP contribution in [0.5, 0.6) is 0 Å². The molecule has 3 heteroatoms. The van der Waals surface area contributed by atoms with Crippen LogP contribution in [0.3, 0.4) is 0 Å². The highest BCUT2D eigenvalue weighted by molar-refractivity contribution is 7.16. The van der Waals surface area contributed by atoms with Gasteiger partial charge in [0.15, 0.2) is 0 Å². The molecule has 1 nitrogen and oxygen atoms in total. The average Bonchev–Trinajstić information content (AvgIpc) is 2.94. The van der Waals surface area contributed by atoms with Crippen LogP contribution in [0.1, 0.15) is 24.3 Å². The first-order valence-electron chi connectivity index (χ1n) is 7.54. The maximum absolute atomic E-state index is 13.2. The molecule has 0 aliphatic carbocycles. The van der Waals surface area contributed by atoms with Gasteiger partial charge in [0, 0.05) is 15.3 Å². The van der Waals surface area contributed by atoms with Crippen LogP contribution in [-0.2, 0) is 5.60 Å². The van der Waals surface area contributed by atoms with Crippen molar-refractivity contribution in [2.45, 2.75) is 26.4 Å². The zero-order valence-corrected chi connectivity index (χ0v) is 14.2. The Morgan fingerprint density at radius 2 is 1.48 bits per heavy atom. The van der Waals surface area contributed by atoms with E-state index in [0.29, 0.717) is 0 Å². The molecule has 3 aromatic rings. The van der Waals surface area contributed by atoms with Gasteiger partial charge in [-0.2, -0.15) is 0 Å². The van der Waals surface area contributed by atoms with Gasteiger partial charge in [-0.05, 0) is 50.1 Å². The van der Waals surface area contributed by atoms with E-state index in [1.54, 1.807) is 37.3 Å². The van der Waals surface area contributed by atoms with E-state index in [1.807, 2.05) is 6.07 Å². The summed E-state index contributed by atoms with van der Waals surface area (Å²) in [5.41, 5.74) is 3.39. The molecule has 0 atom stereocenters. The second kappa shape index (κ2) is 5.91. The van der Waals surface area contributed by atoms with Crippen molar-refractivity contribution < 1.29 is 9.50 Å². The Labute approximate surface area is 140 Å². The lowest BCUT2D eigenvalue weighted by Crippen LogP contribution is -2.12. The van der Waals surface area contributed by atoms with Gasteiger partial charge in [-0.15, -0.1) is 11.3 Å². The molecule has 3 rings (SSSR count). The van der Waals surface area contributed by atoms with Gasteiger partial charge in [0.2, 0.25) is 0 Å². The third-order valence-electron chi connectivity index (χ3n) is 3.80. The van der Waals surface area contributed by atoms with Crippen molar-refractivity contribution in [3.63, 3.8) is 0 Å². The quantitative estimate of drug-likeness (QED) is 0.649. The number of hydrogen-bond acceptors (Lipinski definition) is 2. The summed E-state index contributed by atoms with van der Waals surface area (Å²) < 4.78 is 13.2. The summed E-state index contributed by atoms with van der Waals surface area (Å²) in [6.07, 6.45) is 0. The first-order valence-corrected chi connectivity index (χ1v) is 8.36. The largest absolute Gasteiger partial charge is 0.385 e. The molecule has 1 heterocycles. The van der Waals surface area contributed by atoms with Crippen LogP contribution in [0.4, 0.5) is 4.39 Å². The van der Waals surface area contributed by atoms with Gasteiger partial charge < -0.3 is 5.11 Å². The third-order valence-corrected chi connectivity index (χ3v) is 5.30. The Bertz CT molecular complexity index is 745. The lowest BCUT2D eigenvalue weighted by molar-refractivity contribution is 0.0826. The lowest BCUT2D eigenvalue weighted by Gasteiger charge is -2.14. The Kier molecular flexibility index (Phi) is 4.09. The van der Waals surface area contributed by atoms with E-state index in [-0.39, 0.29) is 5.82 Å². The predicted molar refractivity (Wildman–Crippen MR) is 95.1 cm³/mol. The van der Waals surface area contributed by atoms with E-state index in [4.69, 9.17) is 0 Å². The average molecular weight is 326 g/mol. The SMILES string of the molecule is Cc1ccc(-c2sc(C(C)(C)O)cc2-c2ccc(F)cc2)cc1. The van der Waals surface area contributed by atoms with Crippen molar-refractivity contribution in [2.24, 2.45) is 0 Å². The molecule has 1 aromatic heterocycles. The van der Waals surface area contributed by atoms with Gasteiger partial charge in [-0.3, -0.25) is 0 Å². The van der Waals surface area contributed by atoms with Crippen molar-refractivity contribution in [1.29, 1.82) is 0 Å². The molecule has 0 fully saturated rings. The summed E-state index contributed by atoms with van der Waals surface area (Å²) in [6, 6.07) is 16.8. The Morgan fingerprint density at radius 3 is 2.04 bits per heavy atom. The van der Waals surface area contributed by atoms with Crippen LogP contribution in [0.2, 0.25) is 0 Å². The summed E-state index contributed by atoms with van der Waals surface area (Å²) >= 11 is 1.58. The fourth-order valence-corrected chi connectivity index (χ4v) is 3.64. The summed E-state index contributed by atoms with van der Waals surface area (Å²) in [5, 5.41) is 10.4. The van der Waals surface area contributed by atoms with E-state index in [9.17, 15) is 9.50 Å². The zero-order valence-electron chi connectivity index (χ0n) is 13.4. The van der Waals surface area contributed by atoms with Gasteiger partial charge >= 0.3 is 0 Å². The van der Waals surface area contributed by atoms with Crippen LogP contribution in [0.25, 0.3) is 21.6 Å². The standard InChI is InChI=1S/C20H19FOS/c1-13-4-6-15(7-5-13)19-17(12-18(23-19)20(2,3)22)14-8-10-16(21)11-9-14/h4-12,22H,1-3H3. The predicted octanol–water partition coefficient (Wildman–Crippen LogP) is 5.76. The second-order valence-electron chi connectivity index (χ2n) is 6.29. The maximum atomic E-state index is 13.2. The molecule has 0 unspecified atom stereocenters. The van der Waals surface area contributed by atoms with Crippen molar-refractivity contribution in [3.8, 4) is 21.6 Å². The molecule has 2 aromatic carbocycles. The number of aliphatic hydroxyl groups is 1. The minimum Gasteiger partial charge on any atom is -0.385 e. The summed E-state index contributed by atoms with van der Waals surface area (Å²) in [5.74, 6) is -0.247. The van der Waals surface area contributed by atoms with E-state index < -0.39 is 5.60 Å². The number of rotatable bonds is 3. The number of halogens is 1. The van der Waals surface area contributed by atoms with E-state index >= 15 is 0 Å². The Balaban J connectivity index is 2.18. The first kappa shape index (κ1) is 15.9. The molecule has 0 bridgehead atoms. The molecule has 1 N–H and O–H groups in total. The molecule has 0 saturated heterocycles. The van der Waals surface area contributed by atoms with E-state index in [2.05, 4.69) is 31.2 Å². The van der Waals surface area contributed by atoms with Crippen LogP contribution in [-0.4, -0.2) is 5.11 Å². The Hall–Kier alpha value is -1.97. The fraction of sp³-hybridized carbons (Fsp3) is 0.200. The molecule has 23 heavy (non-hydrogen) atoms. The molecule has 0 saturated carbocycles. The molecule has 0 spiro atoms. The van der Waals surface area contributed by atoms with Crippen LogP contribution < -0.4 is 0 Å². The summed E-state index contributed by atoms with van der Waals surface area (Å²) in [4.78, 5) is 1.99. The number of benzene rings is 2. The van der Waals surface area contributed by atoms with Crippen molar-refractivity contribution in [1.82, 2.24) is 0 Å². The monoisotopic (exact) mass is 326 g/mol. The third kappa shape index (κ3) is 3.36. The number of thiophene rings is 1. The zero-order chi connectivity index (χ0) is 16.6. The van der Waals surface area contributed by atoms with Crippen LogP contribution in [0, 0.1) is 12.7 Å². The highest BCUT2D eigenvalue weighted by atomic mass is 32.1. The maximum Gasteiger partial charge on any atom is 0.123 e.